The number of nitrogens with two attached hydrogens (primary N) is 1. The quantitative estimate of drug-likeness (QED) is 0.740. The van der Waals surface area contributed by atoms with Crippen LogP contribution in [0, 0.1) is 5.92 Å². The van der Waals surface area contributed by atoms with Gasteiger partial charge in [0.25, 0.3) is 0 Å². The van der Waals surface area contributed by atoms with E-state index in [1.54, 1.807) is 11.8 Å². The van der Waals surface area contributed by atoms with Gasteiger partial charge in [0.05, 0.1) is 11.7 Å². The molecule has 1 aromatic heterocycles. The number of rotatable bonds is 7. The summed E-state index contributed by atoms with van der Waals surface area (Å²) in [6.45, 7) is 4.88. The summed E-state index contributed by atoms with van der Waals surface area (Å²) >= 11 is 5.22. The molecule has 0 saturated heterocycles. The van der Waals surface area contributed by atoms with E-state index in [1.807, 2.05) is 18.2 Å². The normalized spacial score (nSPS) is 12.8. The van der Waals surface area contributed by atoms with E-state index in [2.05, 4.69) is 46.0 Å². The Kier molecular flexibility index (Phi) is 6.26. The van der Waals surface area contributed by atoms with Crippen molar-refractivity contribution in [1.29, 1.82) is 0 Å². The van der Waals surface area contributed by atoms with Crippen molar-refractivity contribution in [2.45, 2.75) is 36.8 Å². The standard InChI is InChI=1S/C15H20BrN3OS/c1-10(2)7-11(8-17)15-18-14(19-20-15)9-21-13-6-4-3-5-12(13)16/h3-6,10-11H,7-9,17H2,1-2H3. The van der Waals surface area contributed by atoms with Crippen molar-refractivity contribution in [3.8, 4) is 0 Å². The third-order valence-electron chi connectivity index (χ3n) is 3.07. The van der Waals surface area contributed by atoms with Crippen LogP contribution in [0.15, 0.2) is 38.2 Å². The maximum absolute atomic E-state index is 5.81. The third kappa shape index (κ3) is 4.83. The maximum atomic E-state index is 5.81. The molecule has 0 amide bonds. The first kappa shape index (κ1) is 16.5. The van der Waals surface area contributed by atoms with Gasteiger partial charge in [-0.3, -0.25) is 0 Å². The van der Waals surface area contributed by atoms with E-state index in [0.29, 0.717) is 29.9 Å². The Balaban J connectivity index is 1.98. The second-order valence-electron chi connectivity index (χ2n) is 5.33. The van der Waals surface area contributed by atoms with Gasteiger partial charge in [-0.15, -0.1) is 11.8 Å². The first-order valence-electron chi connectivity index (χ1n) is 7.00. The zero-order valence-corrected chi connectivity index (χ0v) is 14.7. The van der Waals surface area contributed by atoms with Gasteiger partial charge in [-0.1, -0.05) is 31.1 Å². The fourth-order valence-electron chi connectivity index (χ4n) is 2.06. The predicted octanol–water partition coefficient (Wildman–Crippen LogP) is 4.21. The van der Waals surface area contributed by atoms with Gasteiger partial charge in [0.1, 0.15) is 0 Å². The molecule has 1 atom stereocenters. The molecule has 0 aliphatic carbocycles. The van der Waals surface area contributed by atoms with Crippen molar-refractivity contribution >= 4 is 27.7 Å². The van der Waals surface area contributed by atoms with Crippen molar-refractivity contribution in [1.82, 2.24) is 10.1 Å². The molecule has 0 radical (unpaired) electrons. The summed E-state index contributed by atoms with van der Waals surface area (Å²) < 4.78 is 6.45. The van der Waals surface area contributed by atoms with Crippen molar-refractivity contribution in [2.75, 3.05) is 6.54 Å². The lowest BCUT2D eigenvalue weighted by atomic mass is 9.97. The zero-order chi connectivity index (χ0) is 15.2. The molecule has 6 heteroatoms. The van der Waals surface area contributed by atoms with Gasteiger partial charge in [-0.2, -0.15) is 4.98 Å². The highest BCUT2D eigenvalue weighted by Gasteiger charge is 2.19. The fourth-order valence-corrected chi connectivity index (χ4v) is 3.47. The topological polar surface area (TPSA) is 64.9 Å². The van der Waals surface area contributed by atoms with E-state index in [1.165, 1.54) is 4.90 Å². The Morgan fingerprint density at radius 3 is 2.76 bits per heavy atom. The van der Waals surface area contributed by atoms with E-state index < -0.39 is 0 Å². The van der Waals surface area contributed by atoms with Crippen molar-refractivity contribution < 1.29 is 4.52 Å². The third-order valence-corrected chi connectivity index (χ3v) is 5.09. The number of hydrogen-bond acceptors (Lipinski definition) is 5. The van der Waals surface area contributed by atoms with Crippen LogP contribution in [-0.2, 0) is 5.75 Å². The molecular formula is C15H20BrN3OS. The smallest absolute Gasteiger partial charge is 0.231 e. The molecule has 1 aromatic carbocycles. The number of halogens is 1. The largest absolute Gasteiger partial charge is 0.339 e. The summed E-state index contributed by atoms with van der Waals surface area (Å²) in [6.07, 6.45) is 0.968. The molecule has 0 fully saturated rings. The molecule has 2 aromatic rings. The first-order valence-corrected chi connectivity index (χ1v) is 8.78. The molecular weight excluding hydrogens is 350 g/mol. The van der Waals surface area contributed by atoms with E-state index in [-0.39, 0.29) is 5.92 Å². The van der Waals surface area contributed by atoms with Crippen LogP contribution in [0.3, 0.4) is 0 Å². The SMILES string of the molecule is CC(C)CC(CN)c1nc(CSc2ccccc2Br)no1. The average Bonchev–Trinajstić information content (AvgIpc) is 2.92. The predicted molar refractivity (Wildman–Crippen MR) is 89.3 cm³/mol. The molecule has 0 spiro atoms. The van der Waals surface area contributed by atoms with Gasteiger partial charge in [-0.05, 0) is 40.4 Å². The van der Waals surface area contributed by atoms with Crippen LogP contribution in [0.2, 0.25) is 0 Å². The molecule has 2 rings (SSSR count). The second-order valence-corrected chi connectivity index (χ2v) is 7.20. The van der Waals surface area contributed by atoms with Crippen LogP contribution in [0.1, 0.15) is 37.9 Å². The molecule has 114 valence electrons. The van der Waals surface area contributed by atoms with Crippen LogP contribution in [0.25, 0.3) is 0 Å². The van der Waals surface area contributed by atoms with Gasteiger partial charge < -0.3 is 10.3 Å². The minimum absolute atomic E-state index is 0.153. The van der Waals surface area contributed by atoms with Crippen LogP contribution in [0.4, 0.5) is 0 Å². The summed E-state index contributed by atoms with van der Waals surface area (Å²) in [6, 6.07) is 8.11. The molecule has 0 aliphatic rings. The van der Waals surface area contributed by atoms with Gasteiger partial charge in [-0.25, -0.2) is 0 Å². The average molecular weight is 370 g/mol. The van der Waals surface area contributed by atoms with Gasteiger partial charge in [0.15, 0.2) is 5.82 Å². The molecule has 21 heavy (non-hydrogen) atoms. The van der Waals surface area contributed by atoms with Crippen LogP contribution < -0.4 is 5.73 Å². The highest BCUT2D eigenvalue weighted by atomic mass is 79.9. The number of hydrogen-bond donors (Lipinski definition) is 1. The molecule has 2 N–H and O–H groups in total. The minimum atomic E-state index is 0.153. The Labute approximate surface area is 138 Å². The maximum Gasteiger partial charge on any atom is 0.231 e. The van der Waals surface area contributed by atoms with Crippen LogP contribution >= 0.6 is 27.7 Å². The molecule has 4 nitrogen and oxygen atoms in total. The molecule has 0 aliphatic heterocycles. The molecule has 0 bridgehead atoms. The lowest BCUT2D eigenvalue weighted by molar-refractivity contribution is 0.332. The van der Waals surface area contributed by atoms with E-state index >= 15 is 0 Å². The summed E-state index contributed by atoms with van der Waals surface area (Å²) in [7, 11) is 0. The van der Waals surface area contributed by atoms with Crippen LogP contribution in [-0.4, -0.2) is 16.7 Å². The number of benzene rings is 1. The highest BCUT2D eigenvalue weighted by Crippen LogP contribution is 2.29. The molecule has 1 heterocycles. The Bertz CT molecular complexity index is 574. The summed E-state index contributed by atoms with van der Waals surface area (Å²) in [5.74, 6) is 2.77. The van der Waals surface area contributed by atoms with Crippen molar-refractivity contribution in [3.05, 3.63) is 40.5 Å². The fraction of sp³-hybridized carbons (Fsp3) is 0.467. The number of thioether (sulfide) groups is 1. The van der Waals surface area contributed by atoms with Crippen molar-refractivity contribution in [3.63, 3.8) is 0 Å². The van der Waals surface area contributed by atoms with Gasteiger partial charge >= 0.3 is 0 Å². The van der Waals surface area contributed by atoms with Gasteiger partial charge in [0.2, 0.25) is 5.89 Å². The van der Waals surface area contributed by atoms with E-state index in [0.717, 1.165) is 10.9 Å². The molecule has 0 saturated carbocycles. The van der Waals surface area contributed by atoms with E-state index in [9.17, 15) is 0 Å². The Morgan fingerprint density at radius 1 is 1.33 bits per heavy atom. The van der Waals surface area contributed by atoms with Gasteiger partial charge in [0, 0.05) is 15.9 Å². The summed E-state index contributed by atoms with van der Waals surface area (Å²) in [4.78, 5) is 5.65. The van der Waals surface area contributed by atoms with Crippen LogP contribution in [0.5, 0.6) is 0 Å². The number of aromatic nitrogens is 2. The lowest BCUT2D eigenvalue weighted by Crippen LogP contribution is -2.15. The first-order chi connectivity index (χ1) is 10.1. The van der Waals surface area contributed by atoms with E-state index in [4.69, 9.17) is 10.3 Å². The summed E-state index contributed by atoms with van der Waals surface area (Å²) in [5.41, 5.74) is 5.81. The zero-order valence-electron chi connectivity index (χ0n) is 12.3. The Hall–Kier alpha value is -0.850. The van der Waals surface area contributed by atoms with Crippen molar-refractivity contribution in [2.24, 2.45) is 11.7 Å². The monoisotopic (exact) mass is 369 g/mol. The highest BCUT2D eigenvalue weighted by molar-refractivity contribution is 9.10. The molecule has 1 unspecified atom stereocenters. The minimum Gasteiger partial charge on any atom is -0.339 e. The lowest BCUT2D eigenvalue weighted by Gasteiger charge is -2.11. The Morgan fingerprint density at radius 2 is 2.10 bits per heavy atom. The second kappa shape index (κ2) is 7.96. The number of nitrogens with zero attached hydrogens (tertiary/aromatic N) is 2. The summed E-state index contributed by atoms with van der Waals surface area (Å²) in [5, 5.41) is 4.06.